The Morgan fingerprint density at radius 2 is 2.33 bits per heavy atom. The van der Waals surface area contributed by atoms with Crippen LogP contribution in [0.1, 0.15) is 16.5 Å². The minimum atomic E-state index is -1.06. The first-order valence-corrected chi connectivity index (χ1v) is 7.05. The van der Waals surface area contributed by atoms with E-state index in [1.807, 2.05) is 5.38 Å². The third kappa shape index (κ3) is 2.44. The van der Waals surface area contributed by atoms with Gasteiger partial charge in [0.15, 0.2) is 6.04 Å². The summed E-state index contributed by atoms with van der Waals surface area (Å²) in [5, 5.41) is 24.8. The summed E-state index contributed by atoms with van der Waals surface area (Å²) in [6, 6.07) is 0.211. The van der Waals surface area contributed by atoms with Gasteiger partial charge in [0.2, 0.25) is 0 Å². The quantitative estimate of drug-likeness (QED) is 0.834. The summed E-state index contributed by atoms with van der Waals surface area (Å²) < 4.78 is 0. The van der Waals surface area contributed by atoms with E-state index >= 15 is 0 Å². The second kappa shape index (κ2) is 5.13. The Labute approximate surface area is 123 Å². The number of hydrogen-bond acceptors (Lipinski definition) is 6. The molecule has 0 radical (unpaired) electrons. The maximum atomic E-state index is 12.3. The van der Waals surface area contributed by atoms with Gasteiger partial charge in [0.25, 0.3) is 5.95 Å². The molecule has 110 valence electrons. The zero-order valence-electron chi connectivity index (χ0n) is 11.1. The third-order valence-electron chi connectivity index (χ3n) is 3.19. The van der Waals surface area contributed by atoms with Gasteiger partial charge in [0.05, 0.1) is 7.05 Å². The number of aromatic nitrogens is 4. The number of tetrazole rings is 1. The molecular formula is C11H12N6O3S. The van der Waals surface area contributed by atoms with Gasteiger partial charge in [-0.3, -0.25) is 5.32 Å². The summed E-state index contributed by atoms with van der Waals surface area (Å²) in [4.78, 5) is 27.3. The molecule has 0 bridgehead atoms. The Kier molecular flexibility index (Phi) is 3.29. The Morgan fingerprint density at radius 1 is 1.52 bits per heavy atom. The summed E-state index contributed by atoms with van der Waals surface area (Å²) in [5.74, 6) is -1.01. The highest BCUT2D eigenvalue weighted by molar-refractivity contribution is 7.10. The van der Waals surface area contributed by atoms with Crippen LogP contribution in [0.25, 0.3) is 0 Å². The molecule has 9 nitrogen and oxygen atoms in total. The number of rotatable bonds is 2. The van der Waals surface area contributed by atoms with Gasteiger partial charge in [-0.05, 0) is 28.6 Å². The summed E-state index contributed by atoms with van der Waals surface area (Å²) in [5.41, 5.74) is 0.668. The number of carboxylic acid groups (broad SMARTS) is 1. The van der Waals surface area contributed by atoms with E-state index in [1.54, 1.807) is 13.1 Å². The molecule has 0 saturated heterocycles. The van der Waals surface area contributed by atoms with Gasteiger partial charge in [-0.15, -0.1) is 16.4 Å². The van der Waals surface area contributed by atoms with E-state index in [1.165, 1.54) is 21.0 Å². The van der Waals surface area contributed by atoms with E-state index < -0.39 is 18.0 Å². The maximum absolute atomic E-state index is 12.3. The van der Waals surface area contributed by atoms with Gasteiger partial charge >= 0.3 is 12.0 Å². The molecule has 3 heterocycles. The number of aryl methyl sites for hydroxylation is 1. The molecule has 2 aromatic rings. The fraction of sp³-hybridized carbons (Fsp3) is 0.364. The first-order valence-electron chi connectivity index (χ1n) is 6.17. The molecule has 1 aliphatic heterocycles. The van der Waals surface area contributed by atoms with Gasteiger partial charge in [0, 0.05) is 11.4 Å². The molecule has 2 N–H and O–H groups in total. The zero-order chi connectivity index (χ0) is 15.0. The van der Waals surface area contributed by atoms with Crippen LogP contribution < -0.4 is 5.32 Å². The highest BCUT2D eigenvalue weighted by Crippen LogP contribution is 2.33. The fourth-order valence-corrected chi connectivity index (χ4v) is 3.21. The van der Waals surface area contributed by atoms with E-state index in [4.69, 9.17) is 0 Å². The van der Waals surface area contributed by atoms with Crippen LogP contribution >= 0.6 is 11.3 Å². The van der Waals surface area contributed by atoms with Crippen molar-refractivity contribution in [2.24, 2.45) is 7.05 Å². The molecule has 10 heteroatoms. The van der Waals surface area contributed by atoms with E-state index in [2.05, 4.69) is 20.7 Å². The molecular weight excluding hydrogens is 296 g/mol. The molecule has 1 unspecified atom stereocenters. The number of anilines is 1. The molecule has 21 heavy (non-hydrogen) atoms. The number of aliphatic carboxylic acids is 1. The average molecular weight is 308 g/mol. The van der Waals surface area contributed by atoms with Crippen LogP contribution in [-0.4, -0.2) is 48.8 Å². The van der Waals surface area contributed by atoms with Crippen molar-refractivity contribution in [3.8, 4) is 0 Å². The average Bonchev–Trinajstić information content (AvgIpc) is 3.05. The molecule has 0 aromatic carbocycles. The zero-order valence-corrected chi connectivity index (χ0v) is 11.9. The lowest BCUT2D eigenvalue weighted by Crippen LogP contribution is -2.45. The SMILES string of the molecule is Cn1nnc(NC(=O)N2CCc3sccc3C2C(=O)O)n1. The number of thiophene rings is 1. The minimum Gasteiger partial charge on any atom is -0.479 e. The largest absolute Gasteiger partial charge is 0.479 e. The number of urea groups is 1. The van der Waals surface area contributed by atoms with E-state index in [0.717, 1.165) is 4.88 Å². The van der Waals surface area contributed by atoms with Crippen LogP contribution in [0.4, 0.5) is 10.7 Å². The molecule has 0 aliphatic carbocycles. The van der Waals surface area contributed by atoms with Crippen LogP contribution in [0.3, 0.4) is 0 Å². The maximum Gasteiger partial charge on any atom is 0.331 e. The number of carboxylic acids is 1. The number of nitrogens with one attached hydrogen (secondary N) is 1. The second-order valence-corrected chi connectivity index (χ2v) is 5.52. The van der Waals surface area contributed by atoms with Crippen molar-refractivity contribution in [3.63, 3.8) is 0 Å². The summed E-state index contributed by atoms with van der Waals surface area (Å²) in [6.45, 7) is 0.330. The predicted octanol–water partition coefficient (Wildman–Crippen LogP) is 0.487. The van der Waals surface area contributed by atoms with Crippen molar-refractivity contribution in [1.29, 1.82) is 0 Å². The van der Waals surface area contributed by atoms with Crippen molar-refractivity contribution >= 4 is 29.3 Å². The molecule has 1 atom stereocenters. The van der Waals surface area contributed by atoms with Crippen LogP contribution in [0.5, 0.6) is 0 Å². The van der Waals surface area contributed by atoms with Gasteiger partial charge < -0.3 is 10.0 Å². The lowest BCUT2D eigenvalue weighted by Gasteiger charge is -2.32. The van der Waals surface area contributed by atoms with Crippen molar-refractivity contribution in [3.05, 3.63) is 21.9 Å². The smallest absolute Gasteiger partial charge is 0.331 e. The van der Waals surface area contributed by atoms with E-state index in [9.17, 15) is 14.7 Å². The monoisotopic (exact) mass is 308 g/mol. The van der Waals surface area contributed by atoms with Gasteiger partial charge in [-0.25, -0.2) is 9.59 Å². The number of nitrogens with zero attached hydrogens (tertiary/aromatic N) is 5. The Hall–Kier alpha value is -2.49. The van der Waals surface area contributed by atoms with E-state index in [0.29, 0.717) is 18.5 Å². The molecule has 0 spiro atoms. The minimum absolute atomic E-state index is 0.0442. The van der Waals surface area contributed by atoms with Crippen molar-refractivity contribution < 1.29 is 14.7 Å². The number of carbonyl (C=O) groups excluding carboxylic acids is 1. The van der Waals surface area contributed by atoms with Crippen LogP contribution in [-0.2, 0) is 18.3 Å². The van der Waals surface area contributed by atoms with Crippen molar-refractivity contribution in [2.45, 2.75) is 12.5 Å². The van der Waals surface area contributed by atoms with Crippen LogP contribution in [0, 0.1) is 0 Å². The Bertz CT molecular complexity index is 696. The Balaban J connectivity index is 1.84. The highest BCUT2D eigenvalue weighted by atomic mass is 32.1. The molecule has 3 rings (SSSR count). The molecule has 2 aromatic heterocycles. The lowest BCUT2D eigenvalue weighted by molar-refractivity contribution is -0.142. The topological polar surface area (TPSA) is 113 Å². The van der Waals surface area contributed by atoms with Crippen LogP contribution in [0.15, 0.2) is 11.4 Å². The lowest BCUT2D eigenvalue weighted by atomic mass is 10.0. The first-order chi connectivity index (χ1) is 10.1. The standard InChI is InChI=1S/C11H12N6O3S/c1-16-14-10(13-15-16)12-11(20)17-4-2-7-6(3-5-21-7)8(17)9(18)19/h3,5,8H,2,4H2,1H3,(H,18,19)(H,12,14,20). The second-order valence-electron chi connectivity index (χ2n) is 4.52. The van der Waals surface area contributed by atoms with Gasteiger partial charge in [-0.1, -0.05) is 5.10 Å². The summed E-state index contributed by atoms with van der Waals surface area (Å²) in [6.07, 6.45) is 0.637. The number of fused-ring (bicyclic) bond motifs is 1. The van der Waals surface area contributed by atoms with Crippen molar-refractivity contribution in [2.75, 3.05) is 11.9 Å². The summed E-state index contributed by atoms with van der Waals surface area (Å²) in [7, 11) is 1.57. The molecule has 0 saturated carbocycles. The van der Waals surface area contributed by atoms with Gasteiger partial charge in [-0.2, -0.15) is 4.80 Å². The molecule has 0 fully saturated rings. The number of carbonyl (C=O) groups is 2. The molecule has 2 amide bonds. The van der Waals surface area contributed by atoms with E-state index in [-0.39, 0.29) is 5.95 Å². The number of amides is 2. The normalized spacial score (nSPS) is 17.4. The Morgan fingerprint density at radius 3 is 3.00 bits per heavy atom. The first kappa shape index (κ1) is 13.5. The third-order valence-corrected chi connectivity index (χ3v) is 4.18. The van der Waals surface area contributed by atoms with Crippen molar-refractivity contribution in [1.82, 2.24) is 25.1 Å². The fourth-order valence-electron chi connectivity index (χ4n) is 2.30. The molecule has 1 aliphatic rings. The number of hydrogen-bond donors (Lipinski definition) is 2. The highest BCUT2D eigenvalue weighted by Gasteiger charge is 2.36. The van der Waals surface area contributed by atoms with Crippen LogP contribution in [0.2, 0.25) is 0 Å². The van der Waals surface area contributed by atoms with Gasteiger partial charge in [0.1, 0.15) is 0 Å². The predicted molar refractivity (Wildman–Crippen MR) is 72.9 cm³/mol. The summed E-state index contributed by atoms with van der Waals surface area (Å²) >= 11 is 1.51.